The van der Waals surface area contributed by atoms with Gasteiger partial charge >= 0.3 is 6.03 Å². The van der Waals surface area contributed by atoms with Gasteiger partial charge in [0.05, 0.1) is 22.6 Å². The van der Waals surface area contributed by atoms with Crippen LogP contribution in [0.3, 0.4) is 0 Å². The van der Waals surface area contributed by atoms with Crippen LogP contribution in [-0.4, -0.2) is 58.1 Å². The van der Waals surface area contributed by atoms with Crippen molar-refractivity contribution in [1.29, 1.82) is 0 Å². The molecule has 2 amide bonds. The molecule has 0 spiro atoms. The Labute approximate surface area is 196 Å². The predicted octanol–water partition coefficient (Wildman–Crippen LogP) is 4.13. The highest BCUT2D eigenvalue weighted by molar-refractivity contribution is 5.78. The van der Waals surface area contributed by atoms with Gasteiger partial charge in [-0.05, 0) is 78.5 Å². The number of hydrogen-bond donors (Lipinski definition) is 1. The molecular weight excluding hydrogens is 414 g/mol. The van der Waals surface area contributed by atoms with E-state index < -0.39 is 6.04 Å². The molecule has 1 aromatic heterocycles. The van der Waals surface area contributed by atoms with Crippen LogP contribution in [0.25, 0.3) is 16.6 Å². The number of fused-ring (bicyclic) bond motifs is 1. The van der Waals surface area contributed by atoms with E-state index in [1.165, 1.54) is 0 Å². The first-order valence-electron chi connectivity index (χ1n) is 11.3. The maximum absolute atomic E-state index is 13.6. The third kappa shape index (κ3) is 5.79. The number of rotatable bonds is 6. The van der Waals surface area contributed by atoms with Gasteiger partial charge in [-0.25, -0.2) is 9.78 Å². The monoisotopic (exact) mass is 449 g/mol. The van der Waals surface area contributed by atoms with Crippen LogP contribution in [0, 0.1) is 6.92 Å². The average Bonchev–Trinajstić information content (AvgIpc) is 2.72. The molecule has 1 heterocycles. The minimum atomic E-state index is -0.440. The van der Waals surface area contributed by atoms with E-state index in [-0.39, 0.29) is 17.1 Å². The van der Waals surface area contributed by atoms with Gasteiger partial charge in [0.15, 0.2) is 0 Å². The van der Waals surface area contributed by atoms with Crippen LogP contribution >= 0.6 is 0 Å². The van der Waals surface area contributed by atoms with Gasteiger partial charge in [0, 0.05) is 18.6 Å². The van der Waals surface area contributed by atoms with Gasteiger partial charge in [-0.15, -0.1) is 0 Å². The van der Waals surface area contributed by atoms with E-state index >= 15 is 0 Å². The summed E-state index contributed by atoms with van der Waals surface area (Å²) in [6.45, 7) is 11.0. The summed E-state index contributed by atoms with van der Waals surface area (Å²) < 4.78 is 1.65. The van der Waals surface area contributed by atoms with Crippen LogP contribution in [0.1, 0.15) is 45.1 Å². The summed E-state index contributed by atoms with van der Waals surface area (Å²) in [5.74, 6) is 0.534. The van der Waals surface area contributed by atoms with Gasteiger partial charge < -0.3 is 15.1 Å². The van der Waals surface area contributed by atoms with Crippen LogP contribution in [0.15, 0.2) is 53.3 Å². The first kappa shape index (κ1) is 24.5. The minimum absolute atomic E-state index is 0.142. The van der Waals surface area contributed by atoms with Crippen LogP contribution < -0.4 is 10.9 Å². The topological polar surface area (TPSA) is 70.5 Å². The van der Waals surface area contributed by atoms with Crippen molar-refractivity contribution in [2.45, 2.75) is 46.2 Å². The molecule has 2 aromatic carbocycles. The molecule has 33 heavy (non-hydrogen) atoms. The van der Waals surface area contributed by atoms with Crippen LogP contribution in [0.5, 0.6) is 0 Å². The number of amides is 2. The van der Waals surface area contributed by atoms with Crippen molar-refractivity contribution in [1.82, 2.24) is 24.7 Å². The van der Waals surface area contributed by atoms with Gasteiger partial charge in [-0.2, -0.15) is 0 Å². The Hall–Kier alpha value is -3.19. The number of aromatic nitrogens is 2. The molecule has 0 saturated carbocycles. The molecule has 7 heteroatoms. The zero-order chi connectivity index (χ0) is 24.3. The maximum atomic E-state index is 13.6. The van der Waals surface area contributed by atoms with Crippen LogP contribution in [-0.2, 0) is 0 Å². The second-order valence-electron chi connectivity index (χ2n) is 9.82. The van der Waals surface area contributed by atoms with Gasteiger partial charge in [0.2, 0.25) is 0 Å². The number of carbonyl (C=O) groups is 1. The SMILES string of the molecule is Cc1cccc(-n2c(C(C)N(CCN(C)C)C(=O)NC(C)(C)C)nc3ccccc3c2=O)c1. The Morgan fingerprint density at radius 3 is 2.42 bits per heavy atom. The summed E-state index contributed by atoms with van der Waals surface area (Å²) in [6, 6.07) is 14.5. The average molecular weight is 450 g/mol. The molecule has 0 aliphatic rings. The lowest BCUT2D eigenvalue weighted by molar-refractivity contribution is 0.160. The Morgan fingerprint density at radius 1 is 1.09 bits per heavy atom. The molecule has 0 saturated heterocycles. The van der Waals surface area contributed by atoms with E-state index in [1.807, 2.05) is 96.1 Å². The van der Waals surface area contributed by atoms with Gasteiger partial charge in [0.25, 0.3) is 5.56 Å². The lowest BCUT2D eigenvalue weighted by atomic mass is 10.1. The van der Waals surface area contributed by atoms with Crippen molar-refractivity contribution in [3.63, 3.8) is 0 Å². The van der Waals surface area contributed by atoms with Gasteiger partial charge in [0.1, 0.15) is 5.82 Å². The molecule has 0 fully saturated rings. The largest absolute Gasteiger partial charge is 0.333 e. The Morgan fingerprint density at radius 2 is 1.79 bits per heavy atom. The van der Waals surface area contributed by atoms with E-state index in [2.05, 4.69) is 5.32 Å². The molecule has 0 aliphatic carbocycles. The fraction of sp³-hybridized carbons (Fsp3) is 0.423. The molecular formula is C26H35N5O2. The second-order valence-corrected chi connectivity index (χ2v) is 9.82. The normalized spacial score (nSPS) is 12.7. The van der Waals surface area contributed by atoms with E-state index in [4.69, 9.17) is 4.98 Å². The van der Waals surface area contributed by atoms with Crippen molar-refractivity contribution in [3.8, 4) is 5.69 Å². The van der Waals surface area contributed by atoms with E-state index in [0.29, 0.717) is 29.8 Å². The highest BCUT2D eigenvalue weighted by atomic mass is 16.2. The summed E-state index contributed by atoms with van der Waals surface area (Å²) in [6.07, 6.45) is 0. The molecule has 0 aliphatic heterocycles. The number of para-hydroxylation sites is 1. The van der Waals surface area contributed by atoms with Crippen LogP contribution in [0.2, 0.25) is 0 Å². The third-order valence-electron chi connectivity index (χ3n) is 5.43. The lowest BCUT2D eigenvalue weighted by Crippen LogP contribution is -2.51. The van der Waals surface area contributed by atoms with E-state index in [9.17, 15) is 9.59 Å². The van der Waals surface area contributed by atoms with Crippen molar-refractivity contribution >= 4 is 16.9 Å². The summed E-state index contributed by atoms with van der Waals surface area (Å²) in [4.78, 5) is 35.7. The van der Waals surface area contributed by atoms with Crippen LogP contribution in [0.4, 0.5) is 4.79 Å². The maximum Gasteiger partial charge on any atom is 0.318 e. The molecule has 3 aromatic rings. The highest BCUT2D eigenvalue weighted by Crippen LogP contribution is 2.23. The quantitative estimate of drug-likeness (QED) is 0.614. The molecule has 0 radical (unpaired) electrons. The molecule has 7 nitrogen and oxygen atoms in total. The Kier molecular flexibility index (Phi) is 7.22. The van der Waals surface area contributed by atoms with Crippen molar-refractivity contribution in [3.05, 3.63) is 70.3 Å². The minimum Gasteiger partial charge on any atom is -0.333 e. The summed E-state index contributed by atoms with van der Waals surface area (Å²) in [5.41, 5.74) is 1.87. The second kappa shape index (κ2) is 9.75. The van der Waals surface area contributed by atoms with Gasteiger partial charge in [-0.1, -0.05) is 24.3 Å². The lowest BCUT2D eigenvalue weighted by Gasteiger charge is -2.34. The van der Waals surface area contributed by atoms with Crippen molar-refractivity contribution in [2.75, 3.05) is 27.2 Å². The third-order valence-corrected chi connectivity index (χ3v) is 5.43. The molecule has 1 atom stereocenters. The van der Waals surface area contributed by atoms with Crippen molar-refractivity contribution < 1.29 is 4.79 Å². The number of carbonyl (C=O) groups excluding carboxylic acids is 1. The number of aryl methyl sites for hydroxylation is 1. The molecule has 176 valence electrons. The van der Waals surface area contributed by atoms with E-state index in [1.54, 1.807) is 15.5 Å². The number of nitrogens with zero attached hydrogens (tertiary/aromatic N) is 4. The molecule has 3 rings (SSSR count). The Balaban J connectivity index is 2.20. The zero-order valence-electron chi connectivity index (χ0n) is 20.7. The highest BCUT2D eigenvalue weighted by Gasteiger charge is 2.28. The number of benzene rings is 2. The smallest absolute Gasteiger partial charge is 0.318 e. The number of nitrogens with one attached hydrogen (secondary N) is 1. The molecule has 1 unspecified atom stereocenters. The first-order chi connectivity index (χ1) is 15.5. The first-order valence-corrected chi connectivity index (χ1v) is 11.3. The molecule has 1 N–H and O–H groups in total. The van der Waals surface area contributed by atoms with Gasteiger partial charge in [-0.3, -0.25) is 9.36 Å². The predicted molar refractivity (Wildman–Crippen MR) is 134 cm³/mol. The summed E-state index contributed by atoms with van der Waals surface area (Å²) >= 11 is 0. The molecule has 0 bridgehead atoms. The summed E-state index contributed by atoms with van der Waals surface area (Å²) in [5, 5.41) is 3.62. The fourth-order valence-electron chi connectivity index (χ4n) is 3.76. The number of likely N-dealkylation sites (N-methyl/N-ethyl adjacent to an activating group) is 1. The number of urea groups is 1. The zero-order valence-corrected chi connectivity index (χ0v) is 20.7. The summed E-state index contributed by atoms with van der Waals surface area (Å²) in [7, 11) is 3.95. The standard InChI is InChI=1S/C26H35N5O2/c1-18-11-10-12-20(17-18)31-23(27-22-14-9-8-13-21(22)24(31)32)19(2)30(16-15-29(6)7)25(33)28-26(3,4)5/h8-14,17,19H,15-16H2,1-7H3,(H,28,33). The number of hydrogen-bond acceptors (Lipinski definition) is 4. The fourth-order valence-corrected chi connectivity index (χ4v) is 3.76. The van der Waals surface area contributed by atoms with Crippen molar-refractivity contribution in [2.24, 2.45) is 0 Å². The van der Waals surface area contributed by atoms with E-state index in [0.717, 1.165) is 11.3 Å². The Bertz CT molecular complexity index is 1190.